The zero-order chi connectivity index (χ0) is 12.5. The van der Waals surface area contributed by atoms with E-state index in [-0.39, 0.29) is 6.61 Å². The zero-order valence-corrected chi connectivity index (χ0v) is 9.86. The number of methoxy groups -OCH3 is 2. The predicted octanol–water partition coefficient (Wildman–Crippen LogP) is 0.631. The van der Waals surface area contributed by atoms with Gasteiger partial charge in [0, 0.05) is 19.8 Å². The number of allylic oxidation sites excluding steroid dienone is 3. The number of hydrogen-bond acceptors (Lipinski definition) is 4. The molecule has 0 atom stereocenters. The Morgan fingerprint density at radius 1 is 1.47 bits per heavy atom. The number of rotatable bonds is 3. The van der Waals surface area contributed by atoms with Crippen molar-refractivity contribution < 1.29 is 19.0 Å². The zero-order valence-electron chi connectivity index (χ0n) is 9.86. The highest BCUT2D eigenvalue weighted by Gasteiger charge is 2.43. The highest BCUT2D eigenvalue weighted by atomic mass is 16.9. The van der Waals surface area contributed by atoms with Gasteiger partial charge in [-0.2, -0.15) is 0 Å². The Balaban J connectivity index is 2.53. The molecule has 1 amide bonds. The number of carbonyl (C=O) groups is 1. The summed E-state index contributed by atoms with van der Waals surface area (Å²) in [4.78, 5) is 11.3. The van der Waals surface area contributed by atoms with Crippen LogP contribution in [0.5, 0.6) is 0 Å². The monoisotopic (exact) mass is 237 g/mol. The van der Waals surface area contributed by atoms with Crippen molar-refractivity contribution in [1.82, 2.24) is 0 Å². The Bertz CT molecular complexity index is 430. The smallest absolute Gasteiger partial charge is 0.312 e. The van der Waals surface area contributed by atoms with Crippen LogP contribution in [0.25, 0.3) is 0 Å². The van der Waals surface area contributed by atoms with E-state index in [1.807, 2.05) is 18.2 Å². The standard InChI is InChI=1S/C12H15NO4/c1-15-12(16-2)10-6-4-3-5-8(10)9(7-17-12)11(13)14/h3,5-6H,4,7H2,1-2H3,(H2,13,14). The van der Waals surface area contributed by atoms with Crippen LogP contribution in [0.4, 0.5) is 0 Å². The first-order chi connectivity index (χ1) is 8.14. The molecule has 1 aliphatic heterocycles. The van der Waals surface area contributed by atoms with Crippen LogP contribution in [0.15, 0.2) is 34.9 Å². The van der Waals surface area contributed by atoms with Gasteiger partial charge in [0.25, 0.3) is 0 Å². The van der Waals surface area contributed by atoms with Gasteiger partial charge in [-0.3, -0.25) is 4.79 Å². The lowest BCUT2D eigenvalue weighted by Gasteiger charge is -2.38. The minimum absolute atomic E-state index is 0.0774. The van der Waals surface area contributed by atoms with E-state index in [2.05, 4.69) is 0 Å². The molecule has 0 aromatic rings. The second kappa shape index (κ2) is 4.44. The molecule has 92 valence electrons. The lowest BCUT2D eigenvalue weighted by molar-refractivity contribution is -0.335. The van der Waals surface area contributed by atoms with Crippen molar-refractivity contribution in [1.29, 1.82) is 0 Å². The fraction of sp³-hybridized carbons (Fsp3) is 0.417. The Morgan fingerprint density at radius 3 is 2.76 bits per heavy atom. The molecule has 0 aromatic heterocycles. The van der Waals surface area contributed by atoms with Crippen LogP contribution >= 0.6 is 0 Å². The van der Waals surface area contributed by atoms with Gasteiger partial charge in [-0.05, 0) is 12.0 Å². The van der Waals surface area contributed by atoms with Crippen molar-refractivity contribution >= 4 is 5.91 Å². The summed E-state index contributed by atoms with van der Waals surface area (Å²) >= 11 is 0. The molecule has 0 bridgehead atoms. The fourth-order valence-electron chi connectivity index (χ4n) is 2.07. The summed E-state index contributed by atoms with van der Waals surface area (Å²) in [5.74, 6) is -1.72. The van der Waals surface area contributed by atoms with Crippen molar-refractivity contribution in [2.45, 2.75) is 12.4 Å². The van der Waals surface area contributed by atoms with Crippen LogP contribution in [0.2, 0.25) is 0 Å². The first-order valence-electron chi connectivity index (χ1n) is 5.29. The summed E-state index contributed by atoms with van der Waals surface area (Å²) < 4.78 is 16.1. The second-order valence-electron chi connectivity index (χ2n) is 3.77. The molecule has 1 aliphatic carbocycles. The molecule has 1 heterocycles. The molecule has 0 aromatic carbocycles. The van der Waals surface area contributed by atoms with E-state index in [0.717, 1.165) is 12.0 Å². The third-order valence-corrected chi connectivity index (χ3v) is 2.93. The maximum absolute atomic E-state index is 11.3. The van der Waals surface area contributed by atoms with Gasteiger partial charge in [-0.25, -0.2) is 0 Å². The second-order valence-corrected chi connectivity index (χ2v) is 3.77. The van der Waals surface area contributed by atoms with E-state index < -0.39 is 11.9 Å². The molecule has 0 unspecified atom stereocenters. The summed E-state index contributed by atoms with van der Waals surface area (Å²) in [6.45, 7) is 0.0774. The van der Waals surface area contributed by atoms with Crippen molar-refractivity contribution in [3.8, 4) is 0 Å². The molecule has 2 rings (SSSR count). The van der Waals surface area contributed by atoms with Crippen molar-refractivity contribution in [3.05, 3.63) is 34.9 Å². The normalized spacial score (nSPS) is 22.1. The highest BCUT2D eigenvalue weighted by molar-refractivity contribution is 5.95. The molecule has 2 N–H and O–H groups in total. The summed E-state index contributed by atoms with van der Waals surface area (Å²) in [6.07, 6.45) is 6.45. The maximum Gasteiger partial charge on any atom is 0.312 e. The van der Waals surface area contributed by atoms with Crippen LogP contribution in [0, 0.1) is 0 Å². The van der Waals surface area contributed by atoms with Crippen LogP contribution in [-0.2, 0) is 19.0 Å². The topological polar surface area (TPSA) is 70.8 Å². The number of fused-ring (bicyclic) bond motifs is 1. The average molecular weight is 237 g/mol. The SMILES string of the molecule is COC1(OC)OCC(C(N)=O)=C2C=CCC=C21. The van der Waals surface area contributed by atoms with E-state index in [0.29, 0.717) is 11.1 Å². The first-order valence-corrected chi connectivity index (χ1v) is 5.29. The molecule has 2 aliphatic rings. The number of amides is 1. The van der Waals surface area contributed by atoms with Gasteiger partial charge >= 0.3 is 5.97 Å². The van der Waals surface area contributed by atoms with Gasteiger partial charge in [0.15, 0.2) is 0 Å². The molecule has 0 spiro atoms. The number of hydrogen-bond donors (Lipinski definition) is 1. The molecule has 0 saturated carbocycles. The van der Waals surface area contributed by atoms with Gasteiger partial charge in [0.2, 0.25) is 5.91 Å². The Morgan fingerprint density at radius 2 is 2.18 bits per heavy atom. The van der Waals surface area contributed by atoms with Crippen LogP contribution in [0.3, 0.4) is 0 Å². The molecule has 5 heteroatoms. The van der Waals surface area contributed by atoms with Crippen molar-refractivity contribution in [2.75, 3.05) is 20.8 Å². The molecule has 0 fully saturated rings. The molecular weight excluding hydrogens is 222 g/mol. The van der Waals surface area contributed by atoms with Crippen LogP contribution in [0.1, 0.15) is 6.42 Å². The van der Waals surface area contributed by atoms with E-state index in [1.54, 1.807) is 0 Å². The highest BCUT2D eigenvalue weighted by Crippen LogP contribution is 2.38. The maximum atomic E-state index is 11.3. The fourth-order valence-corrected chi connectivity index (χ4v) is 2.07. The third-order valence-electron chi connectivity index (χ3n) is 2.93. The minimum atomic E-state index is -1.24. The lowest BCUT2D eigenvalue weighted by atomic mass is 9.91. The predicted molar refractivity (Wildman–Crippen MR) is 60.8 cm³/mol. The summed E-state index contributed by atoms with van der Waals surface area (Å²) in [7, 11) is 2.99. The van der Waals surface area contributed by atoms with Gasteiger partial charge < -0.3 is 19.9 Å². The Labute approximate surface area is 99.5 Å². The van der Waals surface area contributed by atoms with E-state index in [4.69, 9.17) is 19.9 Å². The molecule has 0 radical (unpaired) electrons. The number of ether oxygens (including phenoxy) is 3. The van der Waals surface area contributed by atoms with Gasteiger partial charge in [0.05, 0.1) is 12.2 Å². The van der Waals surface area contributed by atoms with Crippen molar-refractivity contribution in [3.63, 3.8) is 0 Å². The van der Waals surface area contributed by atoms with Gasteiger partial charge in [-0.15, -0.1) is 0 Å². The van der Waals surface area contributed by atoms with E-state index in [9.17, 15) is 4.79 Å². The summed E-state index contributed by atoms with van der Waals surface area (Å²) in [6, 6.07) is 0. The van der Waals surface area contributed by atoms with E-state index >= 15 is 0 Å². The van der Waals surface area contributed by atoms with Crippen molar-refractivity contribution in [2.24, 2.45) is 5.73 Å². The number of carbonyl (C=O) groups excluding carboxylic acids is 1. The van der Waals surface area contributed by atoms with Crippen LogP contribution < -0.4 is 5.73 Å². The average Bonchev–Trinajstić information content (AvgIpc) is 2.37. The Kier molecular flexibility index (Phi) is 3.15. The van der Waals surface area contributed by atoms with Gasteiger partial charge in [0.1, 0.15) is 0 Å². The summed E-state index contributed by atoms with van der Waals surface area (Å²) in [5, 5.41) is 0. The quantitative estimate of drug-likeness (QED) is 0.731. The number of nitrogens with two attached hydrogens (primary N) is 1. The first kappa shape index (κ1) is 12.0. The third kappa shape index (κ3) is 1.82. The summed E-state index contributed by atoms with van der Waals surface area (Å²) in [5.41, 5.74) is 7.20. The van der Waals surface area contributed by atoms with Gasteiger partial charge in [-0.1, -0.05) is 18.2 Å². The molecule has 0 saturated heterocycles. The number of primary amides is 1. The van der Waals surface area contributed by atoms with Crippen LogP contribution in [-0.4, -0.2) is 32.7 Å². The largest absolute Gasteiger partial charge is 0.366 e. The molecule has 5 nitrogen and oxygen atoms in total. The Hall–Kier alpha value is -1.43. The minimum Gasteiger partial charge on any atom is -0.366 e. The molecular formula is C12H15NO4. The lowest BCUT2D eigenvalue weighted by Crippen LogP contribution is -2.45. The van der Waals surface area contributed by atoms with E-state index in [1.165, 1.54) is 14.2 Å². The molecule has 17 heavy (non-hydrogen) atoms.